The number of halogens is 1. The molecule has 1 aromatic heterocycles. The summed E-state index contributed by atoms with van der Waals surface area (Å²) in [5, 5.41) is 3.04. The second kappa shape index (κ2) is 5.89. The molecule has 0 radical (unpaired) electrons. The zero-order valence-electron chi connectivity index (χ0n) is 10.9. The third-order valence-electron chi connectivity index (χ3n) is 3.48. The van der Waals surface area contributed by atoms with E-state index in [1.54, 1.807) is 0 Å². The molecule has 1 aliphatic heterocycles. The first-order valence-electron chi connectivity index (χ1n) is 6.42. The first-order valence-corrected chi connectivity index (χ1v) is 7.22. The highest BCUT2D eigenvalue weighted by atomic mass is 79.9. The maximum Gasteiger partial charge on any atom is 0.267 e. The molecule has 2 rings (SSSR count). The van der Waals surface area contributed by atoms with E-state index in [-0.39, 0.29) is 5.91 Å². The number of aromatic nitrogens is 1. The number of amides is 1. The standard InChI is InChI=1S/C13H20BrN3O/c1-3-17-9-11(14)6-12(17)13(18)15-7-10-4-5-16(2)8-10/h6,9-10H,3-5,7-8H2,1-2H3,(H,15,18). The second-order valence-corrected chi connectivity index (χ2v) is 5.87. The number of aryl methyl sites for hydroxylation is 1. The first kappa shape index (κ1) is 13.6. The monoisotopic (exact) mass is 313 g/mol. The number of carbonyl (C=O) groups is 1. The van der Waals surface area contributed by atoms with Crippen LogP contribution in [0, 0.1) is 5.92 Å². The Balaban J connectivity index is 1.91. The van der Waals surface area contributed by atoms with Gasteiger partial charge in [0.15, 0.2) is 0 Å². The molecule has 1 fully saturated rings. The molecular weight excluding hydrogens is 294 g/mol. The number of rotatable bonds is 4. The van der Waals surface area contributed by atoms with Crippen molar-refractivity contribution in [3.63, 3.8) is 0 Å². The van der Waals surface area contributed by atoms with Crippen molar-refractivity contribution in [3.8, 4) is 0 Å². The topological polar surface area (TPSA) is 37.3 Å². The highest BCUT2D eigenvalue weighted by Crippen LogP contribution is 2.16. The molecule has 2 heterocycles. The Morgan fingerprint density at radius 1 is 1.61 bits per heavy atom. The Hall–Kier alpha value is -0.810. The van der Waals surface area contributed by atoms with Gasteiger partial charge in [0.05, 0.1) is 0 Å². The molecule has 1 aromatic rings. The lowest BCUT2D eigenvalue weighted by molar-refractivity contribution is 0.0938. The molecule has 1 aliphatic rings. The molecular formula is C13H20BrN3O. The van der Waals surface area contributed by atoms with Crippen molar-refractivity contribution in [2.75, 3.05) is 26.7 Å². The third kappa shape index (κ3) is 3.14. The average Bonchev–Trinajstić information content (AvgIpc) is 2.92. The molecule has 5 heteroatoms. The van der Waals surface area contributed by atoms with E-state index in [1.807, 2.05) is 23.8 Å². The maximum atomic E-state index is 12.1. The second-order valence-electron chi connectivity index (χ2n) is 4.96. The SMILES string of the molecule is CCn1cc(Br)cc1C(=O)NCC1CCN(C)C1. The summed E-state index contributed by atoms with van der Waals surface area (Å²) in [7, 11) is 2.13. The molecule has 18 heavy (non-hydrogen) atoms. The molecule has 0 bridgehead atoms. The summed E-state index contributed by atoms with van der Waals surface area (Å²) in [6, 6.07) is 1.87. The summed E-state index contributed by atoms with van der Waals surface area (Å²) in [5.41, 5.74) is 0.732. The van der Waals surface area contributed by atoms with E-state index in [9.17, 15) is 4.79 Å². The fourth-order valence-corrected chi connectivity index (χ4v) is 2.91. The fourth-order valence-electron chi connectivity index (χ4n) is 2.45. The van der Waals surface area contributed by atoms with Crippen LogP contribution in [0.1, 0.15) is 23.8 Å². The summed E-state index contributed by atoms with van der Waals surface area (Å²) in [6.45, 7) is 5.83. The van der Waals surface area contributed by atoms with Crippen LogP contribution in [0.3, 0.4) is 0 Å². The molecule has 0 saturated carbocycles. The fraction of sp³-hybridized carbons (Fsp3) is 0.615. The highest BCUT2D eigenvalue weighted by molar-refractivity contribution is 9.10. The van der Waals surface area contributed by atoms with E-state index in [1.165, 1.54) is 6.42 Å². The molecule has 0 aromatic carbocycles. The Kier molecular flexibility index (Phi) is 4.45. The number of nitrogens with zero attached hydrogens (tertiary/aromatic N) is 2. The Labute approximate surface area is 116 Å². The van der Waals surface area contributed by atoms with Gasteiger partial charge in [-0.15, -0.1) is 0 Å². The number of nitrogens with one attached hydrogen (secondary N) is 1. The van der Waals surface area contributed by atoms with Gasteiger partial charge in [-0.05, 0) is 54.9 Å². The van der Waals surface area contributed by atoms with Gasteiger partial charge in [-0.25, -0.2) is 0 Å². The van der Waals surface area contributed by atoms with Crippen LogP contribution in [0.4, 0.5) is 0 Å². The van der Waals surface area contributed by atoms with E-state index >= 15 is 0 Å². The summed E-state index contributed by atoms with van der Waals surface area (Å²) < 4.78 is 2.91. The Morgan fingerprint density at radius 3 is 3.00 bits per heavy atom. The molecule has 1 N–H and O–H groups in total. The van der Waals surface area contributed by atoms with Gasteiger partial charge in [0.25, 0.3) is 5.91 Å². The lowest BCUT2D eigenvalue weighted by atomic mass is 10.1. The van der Waals surface area contributed by atoms with Gasteiger partial charge in [0, 0.05) is 30.3 Å². The minimum Gasteiger partial charge on any atom is -0.350 e. The van der Waals surface area contributed by atoms with Crippen molar-refractivity contribution < 1.29 is 4.79 Å². The lowest BCUT2D eigenvalue weighted by Crippen LogP contribution is -2.31. The number of carbonyl (C=O) groups excluding carboxylic acids is 1. The van der Waals surface area contributed by atoms with Gasteiger partial charge in [0.1, 0.15) is 5.69 Å². The zero-order valence-corrected chi connectivity index (χ0v) is 12.5. The van der Waals surface area contributed by atoms with Gasteiger partial charge in [0.2, 0.25) is 0 Å². The van der Waals surface area contributed by atoms with Crippen LogP contribution in [0.5, 0.6) is 0 Å². The number of hydrogen-bond donors (Lipinski definition) is 1. The molecule has 1 unspecified atom stereocenters. The summed E-state index contributed by atoms with van der Waals surface area (Å²) in [4.78, 5) is 14.4. The Morgan fingerprint density at radius 2 is 2.39 bits per heavy atom. The van der Waals surface area contributed by atoms with Crippen LogP contribution in [0.25, 0.3) is 0 Å². The van der Waals surface area contributed by atoms with Crippen LogP contribution in [-0.2, 0) is 6.54 Å². The van der Waals surface area contributed by atoms with Crippen LogP contribution in [-0.4, -0.2) is 42.1 Å². The van der Waals surface area contributed by atoms with E-state index in [0.717, 1.165) is 36.3 Å². The lowest BCUT2D eigenvalue weighted by Gasteiger charge is -2.12. The smallest absolute Gasteiger partial charge is 0.267 e. The predicted molar refractivity (Wildman–Crippen MR) is 75.7 cm³/mol. The van der Waals surface area contributed by atoms with Crippen molar-refractivity contribution in [2.45, 2.75) is 19.9 Å². The van der Waals surface area contributed by atoms with Crippen LogP contribution < -0.4 is 5.32 Å². The minimum absolute atomic E-state index is 0.0251. The molecule has 4 nitrogen and oxygen atoms in total. The Bertz CT molecular complexity index is 430. The van der Waals surface area contributed by atoms with E-state index < -0.39 is 0 Å². The molecule has 0 spiro atoms. The van der Waals surface area contributed by atoms with Gasteiger partial charge in [-0.1, -0.05) is 0 Å². The van der Waals surface area contributed by atoms with Crippen molar-refractivity contribution in [2.24, 2.45) is 5.92 Å². The van der Waals surface area contributed by atoms with Crippen LogP contribution >= 0.6 is 15.9 Å². The van der Waals surface area contributed by atoms with Gasteiger partial charge in [-0.2, -0.15) is 0 Å². The molecule has 100 valence electrons. The van der Waals surface area contributed by atoms with E-state index in [0.29, 0.717) is 5.92 Å². The highest BCUT2D eigenvalue weighted by Gasteiger charge is 2.20. The van der Waals surface area contributed by atoms with Crippen LogP contribution in [0.2, 0.25) is 0 Å². The van der Waals surface area contributed by atoms with Gasteiger partial charge >= 0.3 is 0 Å². The quantitative estimate of drug-likeness (QED) is 0.922. The minimum atomic E-state index is 0.0251. The molecule has 1 atom stereocenters. The van der Waals surface area contributed by atoms with Crippen molar-refractivity contribution >= 4 is 21.8 Å². The van der Waals surface area contributed by atoms with E-state index in [4.69, 9.17) is 0 Å². The zero-order chi connectivity index (χ0) is 13.1. The van der Waals surface area contributed by atoms with Gasteiger partial charge in [-0.3, -0.25) is 4.79 Å². The predicted octanol–water partition coefficient (Wildman–Crippen LogP) is 1.95. The first-order chi connectivity index (χ1) is 8.60. The third-order valence-corrected chi connectivity index (χ3v) is 3.91. The van der Waals surface area contributed by atoms with Gasteiger partial charge < -0.3 is 14.8 Å². The molecule has 0 aliphatic carbocycles. The van der Waals surface area contributed by atoms with E-state index in [2.05, 4.69) is 33.2 Å². The normalized spacial score (nSPS) is 20.3. The van der Waals surface area contributed by atoms with Crippen molar-refractivity contribution in [1.82, 2.24) is 14.8 Å². The maximum absolute atomic E-state index is 12.1. The summed E-state index contributed by atoms with van der Waals surface area (Å²) in [6.07, 6.45) is 3.12. The van der Waals surface area contributed by atoms with Crippen LogP contribution in [0.15, 0.2) is 16.7 Å². The largest absolute Gasteiger partial charge is 0.350 e. The molecule has 1 amide bonds. The summed E-state index contributed by atoms with van der Waals surface area (Å²) in [5.74, 6) is 0.615. The van der Waals surface area contributed by atoms with Crippen molar-refractivity contribution in [1.29, 1.82) is 0 Å². The average molecular weight is 314 g/mol. The van der Waals surface area contributed by atoms with Crippen molar-refractivity contribution in [3.05, 3.63) is 22.4 Å². The summed E-state index contributed by atoms with van der Waals surface area (Å²) >= 11 is 3.41. The molecule has 1 saturated heterocycles. The number of hydrogen-bond acceptors (Lipinski definition) is 2. The number of likely N-dealkylation sites (tertiary alicyclic amines) is 1.